The van der Waals surface area contributed by atoms with Crippen LogP contribution in [-0.4, -0.2) is 11.3 Å². The van der Waals surface area contributed by atoms with Gasteiger partial charge in [0.05, 0.1) is 5.02 Å². The molecule has 1 amide bonds. The molecule has 7 heteroatoms. The molecule has 0 aliphatic heterocycles. The van der Waals surface area contributed by atoms with Crippen LogP contribution in [0.25, 0.3) is 0 Å². The molecule has 0 bridgehead atoms. The van der Waals surface area contributed by atoms with Gasteiger partial charge >= 0.3 is 6.09 Å². The third kappa shape index (κ3) is 4.50. The average molecular weight is 293 g/mol. The lowest BCUT2D eigenvalue weighted by Gasteiger charge is -2.04. The fraction of sp³-hybridized carbons (Fsp3) is 0.273. The Hall–Kier alpha value is -1.33. The summed E-state index contributed by atoms with van der Waals surface area (Å²) in [6, 6.07) is 3.73. The van der Waals surface area contributed by atoms with Crippen molar-refractivity contribution in [3.05, 3.63) is 29.0 Å². The minimum atomic E-state index is -0.837. The van der Waals surface area contributed by atoms with E-state index in [-0.39, 0.29) is 16.1 Å². The van der Waals surface area contributed by atoms with Crippen LogP contribution in [0.15, 0.2) is 23.4 Å². The minimum Gasteiger partial charge on any atom is -0.297 e. The largest absolute Gasteiger partial charge is 0.437 e. The maximum atomic E-state index is 12.9. The van der Waals surface area contributed by atoms with Crippen LogP contribution in [-0.2, 0) is 4.84 Å². The normalized spacial score (nSPS) is 11.6. The van der Waals surface area contributed by atoms with Gasteiger partial charge in [0.2, 0.25) is 0 Å². The van der Waals surface area contributed by atoms with Crippen molar-refractivity contribution in [2.45, 2.75) is 13.8 Å². The molecule has 0 saturated heterocycles. The number of benzene rings is 1. The molecule has 0 saturated carbocycles. The zero-order chi connectivity index (χ0) is 13.7. The lowest BCUT2D eigenvalue weighted by Crippen LogP contribution is -2.12. The Morgan fingerprint density at radius 3 is 2.72 bits per heavy atom. The monoisotopic (exact) mass is 292 g/mol. The van der Waals surface area contributed by atoms with Crippen LogP contribution < -0.4 is 5.32 Å². The summed E-state index contributed by atoms with van der Waals surface area (Å²) in [6.07, 6.45) is -0.837. The number of nitrogens with zero attached hydrogens (tertiary/aromatic N) is 1. The number of halogens is 3. The van der Waals surface area contributed by atoms with Crippen molar-refractivity contribution in [3.63, 3.8) is 0 Å². The topological polar surface area (TPSA) is 50.7 Å². The van der Waals surface area contributed by atoms with E-state index in [1.165, 1.54) is 12.1 Å². The highest BCUT2D eigenvalue weighted by Gasteiger charge is 2.07. The van der Waals surface area contributed by atoms with E-state index in [2.05, 4.69) is 15.3 Å². The molecule has 0 heterocycles. The highest BCUT2D eigenvalue weighted by atomic mass is 35.5. The van der Waals surface area contributed by atoms with E-state index >= 15 is 0 Å². The average Bonchev–Trinajstić information content (AvgIpc) is 2.30. The summed E-state index contributed by atoms with van der Waals surface area (Å²) in [6.45, 7) is 3.60. The Labute approximate surface area is 114 Å². The number of hydrogen-bond acceptors (Lipinski definition) is 3. The van der Waals surface area contributed by atoms with Crippen molar-refractivity contribution >= 4 is 40.2 Å². The first-order valence-electron chi connectivity index (χ1n) is 5.06. The maximum absolute atomic E-state index is 12.9. The molecule has 0 radical (unpaired) electrons. The van der Waals surface area contributed by atoms with Gasteiger partial charge in [-0.1, -0.05) is 42.2 Å². The lowest BCUT2D eigenvalue weighted by atomic mass is 10.2. The summed E-state index contributed by atoms with van der Waals surface area (Å²) in [5.74, 6) is -0.615. The molecule has 0 aliphatic carbocycles. The molecule has 98 valence electrons. The molecule has 1 aromatic carbocycles. The highest BCUT2D eigenvalue weighted by Crippen LogP contribution is 2.19. The Morgan fingerprint density at radius 1 is 1.50 bits per heavy atom. The number of amides is 1. The summed E-state index contributed by atoms with van der Waals surface area (Å²) in [5, 5.41) is 5.82. The molecule has 0 spiro atoms. The minimum absolute atomic E-state index is 0.0419. The second kappa shape index (κ2) is 6.56. The van der Waals surface area contributed by atoms with E-state index in [0.717, 1.165) is 6.07 Å². The molecule has 0 aliphatic rings. The Balaban J connectivity index is 2.60. The molecule has 0 aromatic heterocycles. The van der Waals surface area contributed by atoms with E-state index in [1.54, 1.807) is 13.8 Å². The van der Waals surface area contributed by atoms with Crippen LogP contribution in [0.2, 0.25) is 5.02 Å². The molecular formula is C11H11Cl2FN2O2. The van der Waals surface area contributed by atoms with E-state index in [0.29, 0.717) is 5.69 Å². The van der Waals surface area contributed by atoms with Crippen LogP contribution >= 0.6 is 23.2 Å². The predicted octanol–water partition coefficient (Wildman–Crippen LogP) is 4.24. The number of carbonyl (C=O) groups is 1. The molecule has 1 N–H and O–H groups in total. The van der Waals surface area contributed by atoms with Crippen LogP contribution in [0.4, 0.5) is 14.9 Å². The van der Waals surface area contributed by atoms with Crippen molar-refractivity contribution in [1.29, 1.82) is 0 Å². The number of rotatable bonds is 3. The van der Waals surface area contributed by atoms with Crippen LogP contribution in [0, 0.1) is 11.7 Å². The van der Waals surface area contributed by atoms with Gasteiger partial charge in [0, 0.05) is 11.6 Å². The molecule has 0 atom stereocenters. The van der Waals surface area contributed by atoms with Gasteiger partial charge in [0.1, 0.15) is 11.0 Å². The van der Waals surface area contributed by atoms with Crippen molar-refractivity contribution in [3.8, 4) is 0 Å². The summed E-state index contributed by atoms with van der Waals surface area (Å²) >= 11 is 11.2. The van der Waals surface area contributed by atoms with Gasteiger partial charge in [0.25, 0.3) is 0 Å². The number of carbonyl (C=O) groups excluding carboxylic acids is 1. The van der Waals surface area contributed by atoms with E-state index in [4.69, 9.17) is 23.2 Å². The van der Waals surface area contributed by atoms with Crippen molar-refractivity contribution in [1.82, 2.24) is 0 Å². The molecule has 0 fully saturated rings. The lowest BCUT2D eigenvalue weighted by molar-refractivity contribution is 0.166. The van der Waals surface area contributed by atoms with Crippen LogP contribution in [0.1, 0.15) is 13.8 Å². The molecular weight excluding hydrogens is 282 g/mol. The number of anilines is 1. The zero-order valence-electron chi connectivity index (χ0n) is 9.71. The van der Waals surface area contributed by atoms with Gasteiger partial charge in [-0.05, 0) is 18.2 Å². The van der Waals surface area contributed by atoms with Gasteiger partial charge < -0.3 is 0 Å². The standard InChI is InChI=1S/C11H11Cl2FN2O2/c1-6(2)10(13)16-18-11(17)15-7-3-4-9(14)8(12)5-7/h3-6H,1-2H3,(H,15,17)/b16-10+. The first-order valence-corrected chi connectivity index (χ1v) is 5.82. The molecule has 1 aromatic rings. The SMILES string of the molecule is CC(C)/C(Cl)=N\OC(=O)Nc1ccc(F)c(Cl)c1. The van der Waals surface area contributed by atoms with Crippen LogP contribution in [0.5, 0.6) is 0 Å². The number of hydrogen-bond donors (Lipinski definition) is 1. The van der Waals surface area contributed by atoms with Gasteiger partial charge in [-0.3, -0.25) is 10.2 Å². The van der Waals surface area contributed by atoms with Crippen molar-refractivity contribution < 1.29 is 14.0 Å². The van der Waals surface area contributed by atoms with Crippen molar-refractivity contribution in [2.24, 2.45) is 11.1 Å². The Morgan fingerprint density at radius 2 is 2.17 bits per heavy atom. The van der Waals surface area contributed by atoms with E-state index < -0.39 is 11.9 Å². The Kier molecular flexibility index (Phi) is 5.37. The highest BCUT2D eigenvalue weighted by molar-refractivity contribution is 6.65. The first kappa shape index (κ1) is 14.7. The van der Waals surface area contributed by atoms with Gasteiger partial charge in [-0.2, -0.15) is 0 Å². The second-order valence-corrected chi connectivity index (χ2v) is 4.50. The molecule has 1 rings (SSSR count). The summed E-state index contributed by atoms with van der Waals surface area (Å²) in [5.41, 5.74) is 0.294. The number of nitrogens with one attached hydrogen (secondary N) is 1. The molecule has 4 nitrogen and oxygen atoms in total. The third-order valence-corrected chi connectivity index (χ3v) is 2.65. The summed E-state index contributed by atoms with van der Waals surface area (Å²) in [7, 11) is 0. The van der Waals surface area contributed by atoms with E-state index in [9.17, 15) is 9.18 Å². The van der Waals surface area contributed by atoms with Gasteiger partial charge in [-0.25, -0.2) is 9.18 Å². The van der Waals surface area contributed by atoms with Gasteiger partial charge in [0.15, 0.2) is 0 Å². The smallest absolute Gasteiger partial charge is 0.297 e. The predicted molar refractivity (Wildman–Crippen MR) is 69.6 cm³/mol. The van der Waals surface area contributed by atoms with Gasteiger partial charge in [-0.15, -0.1) is 0 Å². The fourth-order valence-corrected chi connectivity index (χ4v) is 1.12. The van der Waals surface area contributed by atoms with E-state index in [1.807, 2.05) is 0 Å². The zero-order valence-corrected chi connectivity index (χ0v) is 11.2. The summed E-state index contributed by atoms with van der Waals surface area (Å²) < 4.78 is 12.9. The molecule has 0 unspecified atom stereocenters. The first-order chi connectivity index (χ1) is 8.40. The van der Waals surface area contributed by atoms with Crippen LogP contribution in [0.3, 0.4) is 0 Å². The third-order valence-electron chi connectivity index (χ3n) is 1.86. The van der Waals surface area contributed by atoms with Crippen molar-refractivity contribution in [2.75, 3.05) is 5.32 Å². The molecule has 18 heavy (non-hydrogen) atoms. The Bertz CT molecular complexity index is 478. The second-order valence-electron chi connectivity index (χ2n) is 3.70. The quantitative estimate of drug-likeness (QED) is 0.515. The number of oxime groups is 1. The maximum Gasteiger partial charge on any atom is 0.437 e. The fourth-order valence-electron chi connectivity index (χ4n) is 0.905. The summed E-state index contributed by atoms with van der Waals surface area (Å²) in [4.78, 5) is 15.8.